The van der Waals surface area contributed by atoms with Crippen LogP contribution < -0.4 is 10.9 Å². The minimum absolute atomic E-state index is 0.618. The first-order valence-electron chi connectivity index (χ1n) is 4.77. The van der Waals surface area contributed by atoms with Crippen molar-refractivity contribution in [1.29, 1.82) is 0 Å². The first kappa shape index (κ1) is 16.2. The van der Waals surface area contributed by atoms with Crippen molar-refractivity contribution in [1.82, 2.24) is 10.9 Å². The molecule has 2 N–H and O–H groups in total. The van der Waals surface area contributed by atoms with Crippen LogP contribution >= 0.6 is 0 Å². The first-order valence-corrected chi connectivity index (χ1v) is 4.77. The van der Waals surface area contributed by atoms with Crippen LogP contribution in [0.1, 0.15) is 12.8 Å². The van der Waals surface area contributed by atoms with Crippen LogP contribution in [0.4, 0.5) is 0 Å². The molecule has 0 aliphatic carbocycles. The standard InChI is InChI=1S/C5H10N6O8/c12-8(13)5(9(14)15,1-3-6-10(16)17)2-4-7-11(18)19/h6-7H,1-4H2. The molecule has 0 rings (SSSR count). The van der Waals surface area contributed by atoms with Gasteiger partial charge in [-0.3, -0.25) is 20.2 Å². The van der Waals surface area contributed by atoms with Crippen molar-refractivity contribution in [2.45, 2.75) is 18.5 Å². The Kier molecular flexibility index (Phi) is 5.81. The zero-order valence-corrected chi connectivity index (χ0v) is 9.38. The number of nitro groups is 4. The van der Waals surface area contributed by atoms with Gasteiger partial charge in [0.25, 0.3) is 0 Å². The Morgan fingerprint density at radius 2 is 1.05 bits per heavy atom. The molecule has 14 nitrogen and oxygen atoms in total. The molecule has 0 spiro atoms. The fraction of sp³-hybridized carbons (Fsp3) is 1.00. The van der Waals surface area contributed by atoms with Gasteiger partial charge in [-0.25, -0.2) is 20.2 Å². The quantitative estimate of drug-likeness (QED) is 0.272. The Balaban J connectivity index is 4.78. The third-order valence-electron chi connectivity index (χ3n) is 2.21. The Morgan fingerprint density at radius 3 is 1.26 bits per heavy atom. The monoisotopic (exact) mass is 282 g/mol. The highest BCUT2D eigenvalue weighted by molar-refractivity contribution is 4.69. The van der Waals surface area contributed by atoms with Gasteiger partial charge in [-0.1, -0.05) is 0 Å². The fourth-order valence-corrected chi connectivity index (χ4v) is 1.25. The number of nitrogens with one attached hydrogen (secondary N) is 2. The second-order valence-corrected chi connectivity index (χ2v) is 3.33. The van der Waals surface area contributed by atoms with Crippen LogP contribution in [0.5, 0.6) is 0 Å². The number of nitrogens with zero attached hydrogens (tertiary/aromatic N) is 4. The smallest absolute Gasteiger partial charge is 0.258 e. The van der Waals surface area contributed by atoms with E-state index in [1.807, 2.05) is 0 Å². The molecule has 19 heavy (non-hydrogen) atoms. The van der Waals surface area contributed by atoms with Crippen molar-refractivity contribution in [2.24, 2.45) is 0 Å². The van der Waals surface area contributed by atoms with Gasteiger partial charge in [0.05, 0.1) is 22.9 Å². The summed E-state index contributed by atoms with van der Waals surface area (Å²) in [7, 11) is 0. The third-order valence-corrected chi connectivity index (χ3v) is 2.21. The molecule has 0 unspecified atom stereocenters. The summed E-state index contributed by atoms with van der Waals surface area (Å²) in [5.41, 5.74) is 0.421. The Hall–Kier alpha value is -2.80. The predicted octanol–water partition coefficient (Wildman–Crippen LogP) is -1.42. The molecule has 0 aromatic heterocycles. The molecule has 108 valence electrons. The summed E-state index contributed by atoms with van der Waals surface area (Å²) in [6.45, 7) is -1.24. The third kappa shape index (κ3) is 4.92. The highest BCUT2D eigenvalue weighted by Gasteiger charge is 2.55. The summed E-state index contributed by atoms with van der Waals surface area (Å²) in [5.74, 6) is 0. The maximum atomic E-state index is 10.8. The van der Waals surface area contributed by atoms with Gasteiger partial charge in [-0.2, -0.15) is 0 Å². The highest BCUT2D eigenvalue weighted by Crippen LogP contribution is 2.20. The number of hydrogen-bond donors (Lipinski definition) is 2. The van der Waals surface area contributed by atoms with Crippen molar-refractivity contribution < 1.29 is 19.9 Å². The van der Waals surface area contributed by atoms with E-state index in [9.17, 15) is 40.5 Å². The summed E-state index contributed by atoms with van der Waals surface area (Å²) in [4.78, 5) is 39.1. The molecule has 0 radical (unpaired) electrons. The van der Waals surface area contributed by atoms with E-state index in [0.29, 0.717) is 0 Å². The van der Waals surface area contributed by atoms with Crippen LogP contribution in [-0.2, 0) is 0 Å². The average Bonchev–Trinajstić information content (AvgIpc) is 2.25. The molecular formula is C5H10N6O8. The van der Waals surface area contributed by atoms with E-state index in [4.69, 9.17) is 0 Å². The van der Waals surface area contributed by atoms with Crippen LogP contribution in [0.25, 0.3) is 0 Å². The molecule has 14 heteroatoms. The molecule has 0 bridgehead atoms. The van der Waals surface area contributed by atoms with Gasteiger partial charge in [0.2, 0.25) is 0 Å². The Morgan fingerprint density at radius 1 is 0.737 bits per heavy atom. The summed E-state index contributed by atoms with van der Waals surface area (Å²) >= 11 is 0. The maximum absolute atomic E-state index is 10.8. The minimum atomic E-state index is -2.72. The molecule has 0 fully saturated rings. The fourth-order valence-electron chi connectivity index (χ4n) is 1.25. The Labute approximate surface area is 104 Å². The maximum Gasteiger partial charge on any atom is 0.462 e. The van der Waals surface area contributed by atoms with Crippen LogP contribution in [0.3, 0.4) is 0 Å². The molecule has 0 aliphatic rings. The van der Waals surface area contributed by atoms with E-state index in [2.05, 4.69) is 0 Å². The normalized spacial score (nSPS) is 10.5. The lowest BCUT2D eigenvalue weighted by molar-refractivity contribution is -0.799. The van der Waals surface area contributed by atoms with E-state index >= 15 is 0 Å². The molecule has 0 aromatic rings. The van der Waals surface area contributed by atoms with Crippen molar-refractivity contribution in [3.05, 3.63) is 40.5 Å². The molecule has 0 atom stereocenters. The molecular weight excluding hydrogens is 272 g/mol. The lowest BCUT2D eigenvalue weighted by Gasteiger charge is -2.15. The van der Waals surface area contributed by atoms with Crippen molar-refractivity contribution in [3.8, 4) is 0 Å². The van der Waals surface area contributed by atoms with Crippen LogP contribution in [-0.4, -0.2) is 38.7 Å². The SMILES string of the molecule is O=[N+]([O-])NCCC(CCN[N+](=O)[O-])([N+](=O)[O-])[N+](=O)[O-]. The first-order chi connectivity index (χ1) is 8.72. The summed E-state index contributed by atoms with van der Waals surface area (Å²) < 4.78 is 0. The predicted molar refractivity (Wildman–Crippen MR) is 55.9 cm³/mol. The number of hydrogen-bond acceptors (Lipinski definition) is 8. The zero-order chi connectivity index (χ0) is 15.1. The second kappa shape index (κ2) is 6.82. The molecule has 0 saturated carbocycles. The molecule has 0 amide bonds. The van der Waals surface area contributed by atoms with Gasteiger partial charge in [0, 0.05) is 0 Å². The van der Waals surface area contributed by atoms with Gasteiger partial charge in [0.15, 0.2) is 10.1 Å². The van der Waals surface area contributed by atoms with E-state index < -0.39 is 51.5 Å². The van der Waals surface area contributed by atoms with Crippen LogP contribution in [0.2, 0.25) is 0 Å². The van der Waals surface area contributed by atoms with Crippen molar-refractivity contribution >= 4 is 0 Å². The van der Waals surface area contributed by atoms with Gasteiger partial charge in [-0.15, -0.1) is 10.9 Å². The molecule has 0 saturated heterocycles. The van der Waals surface area contributed by atoms with Gasteiger partial charge in [-0.05, 0) is 0 Å². The lowest BCUT2D eigenvalue weighted by Crippen LogP contribution is -2.50. The summed E-state index contributed by atoms with van der Waals surface area (Å²) in [5, 5.41) is 39.5. The van der Waals surface area contributed by atoms with Gasteiger partial charge >= 0.3 is 5.66 Å². The van der Waals surface area contributed by atoms with Gasteiger partial charge < -0.3 is 0 Å². The van der Waals surface area contributed by atoms with Crippen molar-refractivity contribution in [3.63, 3.8) is 0 Å². The Bertz CT molecular complexity index is 348. The highest BCUT2D eigenvalue weighted by atomic mass is 16.7. The van der Waals surface area contributed by atoms with Crippen LogP contribution in [0.15, 0.2) is 0 Å². The number of rotatable bonds is 10. The van der Waals surface area contributed by atoms with Gasteiger partial charge in [0.1, 0.15) is 12.8 Å². The number of hydrazine groups is 2. The topological polar surface area (TPSA) is 197 Å². The summed E-state index contributed by atoms with van der Waals surface area (Å²) in [6.07, 6.45) is -1.57. The lowest BCUT2D eigenvalue weighted by atomic mass is 10.0. The molecule has 0 aliphatic heterocycles. The van der Waals surface area contributed by atoms with Crippen LogP contribution in [0, 0.1) is 40.5 Å². The minimum Gasteiger partial charge on any atom is -0.258 e. The van der Waals surface area contributed by atoms with E-state index in [0.717, 1.165) is 0 Å². The largest absolute Gasteiger partial charge is 0.462 e. The van der Waals surface area contributed by atoms with E-state index in [1.54, 1.807) is 10.9 Å². The molecule has 0 aromatic carbocycles. The average molecular weight is 282 g/mol. The summed E-state index contributed by atoms with van der Waals surface area (Å²) in [6, 6.07) is 0. The molecule has 0 heterocycles. The van der Waals surface area contributed by atoms with Crippen molar-refractivity contribution in [2.75, 3.05) is 13.1 Å². The zero-order valence-electron chi connectivity index (χ0n) is 9.38. The second-order valence-electron chi connectivity index (χ2n) is 3.33. The van der Waals surface area contributed by atoms with E-state index in [-0.39, 0.29) is 0 Å². The van der Waals surface area contributed by atoms with E-state index in [1.165, 1.54) is 0 Å².